The van der Waals surface area contributed by atoms with Crippen LogP contribution in [-0.4, -0.2) is 39.6 Å². The molecule has 6 heteroatoms. The molecule has 3 atom stereocenters. The number of carbonyl (C=O) groups is 2. The number of nitrogens with one attached hydrogen (secondary N) is 1. The van der Waals surface area contributed by atoms with E-state index in [1.165, 1.54) is 0 Å². The van der Waals surface area contributed by atoms with E-state index in [1.807, 2.05) is 60.7 Å². The summed E-state index contributed by atoms with van der Waals surface area (Å²) in [4.78, 5) is 26.9. The van der Waals surface area contributed by atoms with Gasteiger partial charge in [0.15, 0.2) is 0 Å². The van der Waals surface area contributed by atoms with Gasteiger partial charge in [-0.05, 0) is 38.3 Å². The van der Waals surface area contributed by atoms with Gasteiger partial charge in [0.25, 0.3) is 0 Å². The largest absolute Gasteiger partial charge is 0.355 e. The van der Waals surface area contributed by atoms with Crippen LogP contribution in [0.5, 0.6) is 0 Å². The van der Waals surface area contributed by atoms with Crippen molar-refractivity contribution >= 4 is 11.8 Å². The van der Waals surface area contributed by atoms with Crippen molar-refractivity contribution < 1.29 is 9.59 Å². The maximum Gasteiger partial charge on any atom is 0.225 e. The fraction of sp³-hybridized carbons (Fsp3) is 0.500. The Bertz CT molecular complexity index is 830. The van der Waals surface area contributed by atoms with Gasteiger partial charge in [0.2, 0.25) is 11.8 Å². The van der Waals surface area contributed by atoms with E-state index < -0.39 is 0 Å². The van der Waals surface area contributed by atoms with Crippen LogP contribution in [-0.2, 0) is 16.1 Å². The number of nitrogens with zero attached hydrogens (tertiary/aromatic N) is 3. The topological polar surface area (TPSA) is 67.2 Å². The minimum Gasteiger partial charge on any atom is -0.355 e. The lowest BCUT2D eigenvalue weighted by Gasteiger charge is -2.25. The zero-order chi connectivity index (χ0) is 20.3. The molecule has 0 unspecified atom stereocenters. The molecule has 1 aromatic carbocycles. The summed E-state index contributed by atoms with van der Waals surface area (Å²) in [7, 11) is 0. The zero-order valence-electron chi connectivity index (χ0n) is 17.2. The van der Waals surface area contributed by atoms with Gasteiger partial charge in [0.1, 0.15) is 0 Å². The van der Waals surface area contributed by atoms with Gasteiger partial charge in [-0.15, -0.1) is 0 Å². The second-order valence-corrected chi connectivity index (χ2v) is 7.99. The maximum absolute atomic E-state index is 12.6. The number of carbonyl (C=O) groups excluding carboxylic acids is 2. The molecule has 0 spiro atoms. The molecule has 28 heavy (non-hydrogen) atoms. The van der Waals surface area contributed by atoms with Gasteiger partial charge in [0, 0.05) is 31.7 Å². The third kappa shape index (κ3) is 4.61. The summed E-state index contributed by atoms with van der Waals surface area (Å²) in [6.45, 7) is 9.96. The van der Waals surface area contributed by atoms with E-state index in [4.69, 9.17) is 0 Å². The first-order valence-electron chi connectivity index (χ1n) is 9.98. The molecule has 6 nitrogen and oxygen atoms in total. The summed E-state index contributed by atoms with van der Waals surface area (Å²) < 4.78 is 1.98. The van der Waals surface area contributed by atoms with Gasteiger partial charge < -0.3 is 10.2 Å². The highest BCUT2D eigenvalue weighted by atomic mass is 16.2. The first-order chi connectivity index (χ1) is 13.3. The molecular formula is C22H30N4O2. The highest BCUT2D eigenvalue weighted by Crippen LogP contribution is 2.28. The highest BCUT2D eigenvalue weighted by molar-refractivity contribution is 5.89. The fourth-order valence-electron chi connectivity index (χ4n) is 3.83. The Hall–Kier alpha value is -2.63. The Morgan fingerprint density at radius 3 is 2.61 bits per heavy atom. The number of aromatic nitrogens is 2. The van der Waals surface area contributed by atoms with Crippen molar-refractivity contribution in [2.24, 2.45) is 11.8 Å². The molecule has 1 N–H and O–H groups in total. The number of amides is 2. The molecule has 2 amide bonds. The maximum atomic E-state index is 12.6. The summed E-state index contributed by atoms with van der Waals surface area (Å²) >= 11 is 0. The van der Waals surface area contributed by atoms with Crippen molar-refractivity contribution in [1.82, 2.24) is 20.0 Å². The lowest BCUT2D eigenvalue weighted by Crippen LogP contribution is -2.36. The molecule has 0 aliphatic carbocycles. The lowest BCUT2D eigenvalue weighted by molar-refractivity contribution is -0.130. The Labute approximate surface area is 166 Å². The Morgan fingerprint density at radius 1 is 1.25 bits per heavy atom. The number of benzene rings is 1. The van der Waals surface area contributed by atoms with Crippen LogP contribution in [0.4, 0.5) is 0 Å². The smallest absolute Gasteiger partial charge is 0.225 e. The van der Waals surface area contributed by atoms with Crippen molar-refractivity contribution in [1.29, 1.82) is 0 Å². The summed E-state index contributed by atoms with van der Waals surface area (Å²) in [5.41, 5.74) is 3.23. The van der Waals surface area contributed by atoms with E-state index in [1.54, 1.807) is 0 Å². The average Bonchev–Trinajstić information content (AvgIpc) is 3.21. The van der Waals surface area contributed by atoms with Gasteiger partial charge in [-0.2, -0.15) is 5.10 Å². The van der Waals surface area contributed by atoms with E-state index in [-0.39, 0.29) is 36.1 Å². The van der Waals surface area contributed by atoms with Crippen molar-refractivity contribution in [3.05, 3.63) is 53.3 Å². The molecule has 1 aromatic heterocycles. The molecule has 1 aliphatic rings. The van der Waals surface area contributed by atoms with Crippen LogP contribution in [0.25, 0.3) is 0 Å². The van der Waals surface area contributed by atoms with Crippen LogP contribution >= 0.6 is 0 Å². The number of aryl methyl sites for hydroxylation is 2. The normalized spacial score (nSPS) is 18.9. The number of hydrogen-bond donors (Lipinski definition) is 1. The zero-order valence-corrected chi connectivity index (χ0v) is 17.2. The SMILES string of the molecule is Cc1cc(C)n(C[C@H](C)CNC(=O)[C@H]2CC(=O)N([C@@H](C)c3ccccc3)C2)n1. The van der Waals surface area contributed by atoms with Gasteiger partial charge in [-0.3, -0.25) is 14.3 Å². The minimum atomic E-state index is -0.278. The molecule has 3 rings (SSSR count). The van der Waals surface area contributed by atoms with E-state index in [9.17, 15) is 9.59 Å². The predicted molar refractivity (Wildman–Crippen MR) is 109 cm³/mol. The van der Waals surface area contributed by atoms with Gasteiger partial charge in [0.05, 0.1) is 17.7 Å². The van der Waals surface area contributed by atoms with E-state index >= 15 is 0 Å². The predicted octanol–water partition coefficient (Wildman–Crippen LogP) is 2.86. The first kappa shape index (κ1) is 20.1. The van der Waals surface area contributed by atoms with Crippen LogP contribution in [0.15, 0.2) is 36.4 Å². The summed E-state index contributed by atoms with van der Waals surface area (Å²) in [6, 6.07) is 12.0. The first-order valence-corrected chi connectivity index (χ1v) is 9.98. The number of hydrogen-bond acceptors (Lipinski definition) is 3. The molecule has 1 saturated heterocycles. The molecule has 2 heterocycles. The van der Waals surface area contributed by atoms with Gasteiger partial charge in [-0.25, -0.2) is 0 Å². The Kier molecular flexibility index (Phi) is 6.17. The van der Waals surface area contributed by atoms with E-state index in [2.05, 4.69) is 23.4 Å². The quantitative estimate of drug-likeness (QED) is 0.801. The van der Waals surface area contributed by atoms with Gasteiger partial charge in [-0.1, -0.05) is 37.3 Å². The van der Waals surface area contributed by atoms with E-state index in [0.717, 1.165) is 23.5 Å². The van der Waals surface area contributed by atoms with Crippen molar-refractivity contribution in [2.75, 3.05) is 13.1 Å². The van der Waals surface area contributed by atoms with Gasteiger partial charge >= 0.3 is 0 Å². The second kappa shape index (κ2) is 8.59. The van der Waals surface area contributed by atoms with Crippen LogP contribution in [0, 0.1) is 25.7 Å². The van der Waals surface area contributed by atoms with Crippen molar-refractivity contribution in [3.8, 4) is 0 Å². The van der Waals surface area contributed by atoms with Crippen molar-refractivity contribution in [2.45, 2.75) is 46.7 Å². The van der Waals surface area contributed by atoms with Crippen LogP contribution in [0.3, 0.4) is 0 Å². The Balaban J connectivity index is 1.51. The standard InChI is InChI=1S/C22H30N4O2/c1-15(13-26-17(3)10-16(2)24-26)12-23-22(28)20-11-21(27)25(14-20)18(4)19-8-6-5-7-9-19/h5-10,15,18,20H,11-14H2,1-4H3,(H,23,28)/t15-,18+,20+/m1/s1. The molecule has 1 fully saturated rings. The molecular weight excluding hydrogens is 352 g/mol. The third-order valence-electron chi connectivity index (χ3n) is 5.49. The summed E-state index contributed by atoms with van der Waals surface area (Å²) in [5, 5.41) is 7.51. The molecule has 0 radical (unpaired) electrons. The van der Waals surface area contributed by atoms with E-state index in [0.29, 0.717) is 13.1 Å². The van der Waals surface area contributed by atoms with Crippen molar-refractivity contribution in [3.63, 3.8) is 0 Å². The minimum absolute atomic E-state index is 0.0172. The lowest BCUT2D eigenvalue weighted by atomic mass is 10.1. The molecule has 1 aliphatic heterocycles. The number of rotatable bonds is 7. The average molecular weight is 383 g/mol. The fourth-order valence-corrected chi connectivity index (χ4v) is 3.83. The monoisotopic (exact) mass is 382 g/mol. The van der Waals surface area contributed by atoms with Crippen LogP contribution in [0.2, 0.25) is 0 Å². The summed E-state index contributed by atoms with van der Waals surface area (Å²) in [6.07, 6.45) is 0.287. The summed E-state index contributed by atoms with van der Waals surface area (Å²) in [5.74, 6) is 0.00136. The third-order valence-corrected chi connectivity index (χ3v) is 5.49. The van der Waals surface area contributed by atoms with Crippen LogP contribution in [0.1, 0.15) is 43.3 Å². The highest BCUT2D eigenvalue weighted by Gasteiger charge is 2.36. The van der Waals surface area contributed by atoms with Crippen LogP contribution < -0.4 is 5.32 Å². The molecule has 0 bridgehead atoms. The molecule has 2 aromatic rings. The number of likely N-dealkylation sites (tertiary alicyclic amines) is 1. The Morgan fingerprint density at radius 2 is 1.96 bits per heavy atom. The molecule has 150 valence electrons. The molecule has 0 saturated carbocycles. The second-order valence-electron chi connectivity index (χ2n) is 7.99.